The fourth-order valence-electron chi connectivity index (χ4n) is 1.51. The SMILES string of the molecule is Cn1ncc(-c2nc(C(=O)NC3CC3)no2)c1N. The van der Waals surface area contributed by atoms with Crippen LogP contribution >= 0.6 is 0 Å². The number of nitrogens with one attached hydrogen (secondary N) is 1. The summed E-state index contributed by atoms with van der Waals surface area (Å²) in [5.74, 6) is 0.296. The van der Waals surface area contributed by atoms with Gasteiger partial charge in [-0.05, 0) is 12.8 Å². The standard InChI is InChI=1S/C10H12N6O2/c1-16-7(11)6(4-12-16)10-14-8(15-18-10)9(17)13-5-2-3-5/h4-5H,2-3,11H2,1H3,(H,13,17). The number of nitrogen functional groups attached to an aromatic ring is 1. The van der Waals surface area contributed by atoms with Gasteiger partial charge in [0.05, 0.1) is 6.20 Å². The third-order valence-corrected chi connectivity index (χ3v) is 2.76. The molecule has 0 radical (unpaired) electrons. The van der Waals surface area contributed by atoms with Crippen molar-refractivity contribution in [2.45, 2.75) is 18.9 Å². The quantitative estimate of drug-likeness (QED) is 0.787. The third kappa shape index (κ3) is 1.81. The minimum Gasteiger partial charge on any atom is -0.383 e. The van der Waals surface area contributed by atoms with Crippen molar-refractivity contribution < 1.29 is 9.32 Å². The minimum absolute atomic E-state index is 0.0140. The molecular formula is C10H12N6O2. The summed E-state index contributed by atoms with van der Waals surface area (Å²) in [5.41, 5.74) is 6.31. The van der Waals surface area contributed by atoms with Crippen LogP contribution in [0.1, 0.15) is 23.5 Å². The first-order valence-corrected chi connectivity index (χ1v) is 5.57. The molecule has 18 heavy (non-hydrogen) atoms. The Labute approximate surface area is 102 Å². The van der Waals surface area contributed by atoms with Gasteiger partial charge in [0.15, 0.2) is 0 Å². The van der Waals surface area contributed by atoms with Gasteiger partial charge in [0.25, 0.3) is 17.6 Å². The number of amides is 1. The maximum absolute atomic E-state index is 11.7. The molecule has 2 aromatic heterocycles. The van der Waals surface area contributed by atoms with Gasteiger partial charge in [0, 0.05) is 13.1 Å². The van der Waals surface area contributed by atoms with Gasteiger partial charge >= 0.3 is 0 Å². The second kappa shape index (κ2) is 3.83. The topological polar surface area (TPSA) is 112 Å². The number of rotatable bonds is 3. The van der Waals surface area contributed by atoms with Crippen LogP contribution in [0.25, 0.3) is 11.5 Å². The number of carbonyl (C=O) groups excluding carboxylic acids is 1. The number of aromatic nitrogens is 4. The van der Waals surface area contributed by atoms with Crippen LogP contribution in [0, 0.1) is 0 Å². The highest BCUT2D eigenvalue weighted by Gasteiger charge is 2.26. The largest absolute Gasteiger partial charge is 0.383 e. The minimum atomic E-state index is -0.324. The summed E-state index contributed by atoms with van der Waals surface area (Å²) in [6, 6.07) is 0.253. The fourth-order valence-corrected chi connectivity index (χ4v) is 1.51. The second-order valence-corrected chi connectivity index (χ2v) is 4.24. The molecular weight excluding hydrogens is 236 g/mol. The Hall–Kier alpha value is -2.38. The van der Waals surface area contributed by atoms with Crippen molar-refractivity contribution in [3.63, 3.8) is 0 Å². The number of hydrogen-bond acceptors (Lipinski definition) is 6. The molecule has 0 aliphatic heterocycles. The monoisotopic (exact) mass is 248 g/mol. The lowest BCUT2D eigenvalue weighted by atomic mass is 10.3. The van der Waals surface area contributed by atoms with E-state index in [-0.39, 0.29) is 23.7 Å². The smallest absolute Gasteiger partial charge is 0.292 e. The van der Waals surface area contributed by atoms with Gasteiger partial charge in [0.2, 0.25) is 0 Å². The maximum atomic E-state index is 11.7. The number of hydrogen-bond donors (Lipinski definition) is 2. The van der Waals surface area contributed by atoms with Crippen LogP contribution in [0.3, 0.4) is 0 Å². The Morgan fingerprint density at radius 1 is 1.61 bits per heavy atom. The van der Waals surface area contributed by atoms with E-state index in [1.807, 2.05) is 0 Å². The van der Waals surface area contributed by atoms with Crippen LogP contribution in [0.2, 0.25) is 0 Å². The fraction of sp³-hybridized carbons (Fsp3) is 0.400. The van der Waals surface area contributed by atoms with Gasteiger partial charge in [-0.3, -0.25) is 9.48 Å². The maximum Gasteiger partial charge on any atom is 0.292 e. The Bertz CT molecular complexity index is 597. The number of nitrogens with two attached hydrogens (primary N) is 1. The lowest BCUT2D eigenvalue weighted by molar-refractivity contribution is 0.0937. The summed E-state index contributed by atoms with van der Waals surface area (Å²) < 4.78 is 6.50. The van der Waals surface area contributed by atoms with Gasteiger partial charge in [-0.1, -0.05) is 5.16 Å². The Morgan fingerprint density at radius 3 is 3.00 bits per heavy atom. The number of nitrogens with zero attached hydrogens (tertiary/aromatic N) is 4. The van der Waals surface area contributed by atoms with Crippen LogP contribution in [-0.2, 0) is 7.05 Å². The average molecular weight is 248 g/mol. The number of anilines is 1. The van der Waals surface area contributed by atoms with Crippen molar-refractivity contribution in [3.05, 3.63) is 12.0 Å². The Kier molecular flexibility index (Phi) is 2.29. The molecule has 0 atom stereocenters. The van der Waals surface area contributed by atoms with Gasteiger partial charge < -0.3 is 15.6 Å². The summed E-state index contributed by atoms with van der Waals surface area (Å²) in [4.78, 5) is 15.7. The third-order valence-electron chi connectivity index (χ3n) is 2.76. The van der Waals surface area contributed by atoms with Crippen molar-refractivity contribution in [3.8, 4) is 11.5 Å². The van der Waals surface area contributed by atoms with E-state index in [1.165, 1.54) is 10.9 Å². The summed E-state index contributed by atoms with van der Waals surface area (Å²) in [7, 11) is 1.70. The molecule has 1 amide bonds. The Balaban J connectivity index is 1.84. The van der Waals surface area contributed by atoms with Gasteiger partial charge in [-0.15, -0.1) is 0 Å². The summed E-state index contributed by atoms with van der Waals surface area (Å²) in [5, 5.41) is 10.4. The van der Waals surface area contributed by atoms with Crippen molar-refractivity contribution in [1.82, 2.24) is 25.2 Å². The predicted molar refractivity (Wildman–Crippen MR) is 61.4 cm³/mol. The summed E-state index contributed by atoms with van der Waals surface area (Å²) in [6.07, 6.45) is 3.53. The molecule has 94 valence electrons. The van der Waals surface area contributed by atoms with Crippen molar-refractivity contribution in [2.75, 3.05) is 5.73 Å². The van der Waals surface area contributed by atoms with Crippen LogP contribution in [0.15, 0.2) is 10.7 Å². The highest BCUT2D eigenvalue weighted by Crippen LogP contribution is 2.23. The Morgan fingerprint density at radius 2 is 2.39 bits per heavy atom. The van der Waals surface area contributed by atoms with E-state index in [0.29, 0.717) is 11.4 Å². The molecule has 1 aliphatic rings. The van der Waals surface area contributed by atoms with Crippen LogP contribution in [0.4, 0.5) is 5.82 Å². The van der Waals surface area contributed by atoms with E-state index in [0.717, 1.165) is 12.8 Å². The molecule has 2 aromatic rings. The van der Waals surface area contributed by atoms with E-state index in [1.54, 1.807) is 7.05 Å². The summed E-state index contributed by atoms with van der Waals surface area (Å²) in [6.45, 7) is 0. The van der Waals surface area contributed by atoms with Crippen LogP contribution in [0.5, 0.6) is 0 Å². The second-order valence-electron chi connectivity index (χ2n) is 4.24. The highest BCUT2D eigenvalue weighted by molar-refractivity contribution is 5.91. The lowest BCUT2D eigenvalue weighted by Crippen LogP contribution is -2.26. The van der Waals surface area contributed by atoms with Crippen LogP contribution < -0.4 is 11.1 Å². The molecule has 0 aromatic carbocycles. The van der Waals surface area contributed by atoms with Crippen LogP contribution in [-0.4, -0.2) is 31.9 Å². The van der Waals surface area contributed by atoms with E-state index in [4.69, 9.17) is 10.3 Å². The number of aryl methyl sites for hydroxylation is 1. The van der Waals surface area contributed by atoms with Gasteiger partial charge in [-0.25, -0.2) is 0 Å². The molecule has 1 saturated carbocycles. The summed E-state index contributed by atoms with van der Waals surface area (Å²) >= 11 is 0. The van der Waals surface area contributed by atoms with Crippen molar-refractivity contribution in [1.29, 1.82) is 0 Å². The zero-order chi connectivity index (χ0) is 12.7. The van der Waals surface area contributed by atoms with E-state index in [2.05, 4.69) is 20.6 Å². The van der Waals surface area contributed by atoms with Crippen molar-refractivity contribution in [2.24, 2.45) is 7.05 Å². The van der Waals surface area contributed by atoms with E-state index in [9.17, 15) is 4.79 Å². The highest BCUT2D eigenvalue weighted by atomic mass is 16.5. The predicted octanol–water partition coefficient (Wildman–Crippen LogP) is -0.0555. The molecule has 0 saturated heterocycles. The molecule has 3 rings (SSSR count). The molecule has 1 aliphatic carbocycles. The molecule has 2 heterocycles. The van der Waals surface area contributed by atoms with Crippen molar-refractivity contribution >= 4 is 11.7 Å². The first-order valence-electron chi connectivity index (χ1n) is 5.57. The van der Waals surface area contributed by atoms with E-state index < -0.39 is 0 Å². The number of carbonyl (C=O) groups is 1. The van der Waals surface area contributed by atoms with E-state index >= 15 is 0 Å². The van der Waals surface area contributed by atoms with Gasteiger partial charge in [0.1, 0.15) is 11.4 Å². The first kappa shape index (κ1) is 10.8. The molecule has 3 N–H and O–H groups in total. The molecule has 0 unspecified atom stereocenters. The lowest BCUT2D eigenvalue weighted by Gasteiger charge is -1.96. The van der Waals surface area contributed by atoms with Gasteiger partial charge in [-0.2, -0.15) is 10.1 Å². The zero-order valence-corrected chi connectivity index (χ0v) is 9.75. The zero-order valence-electron chi connectivity index (χ0n) is 9.75. The first-order chi connectivity index (χ1) is 8.65. The molecule has 8 heteroatoms. The molecule has 8 nitrogen and oxygen atoms in total. The normalized spacial score (nSPS) is 14.7. The molecule has 1 fully saturated rings. The molecule has 0 spiro atoms. The average Bonchev–Trinajstić information content (AvgIpc) is 2.91. The molecule has 0 bridgehead atoms.